The molecule has 0 N–H and O–H groups in total. The number of aryl methyl sites for hydroxylation is 1. The van der Waals surface area contributed by atoms with Gasteiger partial charge in [0.05, 0.1) is 12.7 Å². The summed E-state index contributed by atoms with van der Waals surface area (Å²) in [6.07, 6.45) is 0. The maximum atomic E-state index is 11.0. The Hall–Kier alpha value is -1.58. The first-order chi connectivity index (χ1) is 5.65. The quantitative estimate of drug-likeness (QED) is 0.580. The van der Waals surface area contributed by atoms with E-state index in [0.717, 1.165) is 0 Å². The van der Waals surface area contributed by atoms with Crippen molar-refractivity contribution in [2.45, 2.75) is 6.92 Å². The molecule has 0 aliphatic heterocycles. The maximum Gasteiger partial charge on any atom is 0.341 e. The number of hydrogen-bond acceptors (Lipinski definition) is 4. The van der Waals surface area contributed by atoms with Gasteiger partial charge in [-0.05, 0) is 13.0 Å². The van der Waals surface area contributed by atoms with Crippen LogP contribution in [0.3, 0.4) is 0 Å². The molecule has 0 saturated heterocycles. The van der Waals surface area contributed by atoms with Gasteiger partial charge in [-0.2, -0.15) is 0 Å². The Bertz CT molecular complexity index is 350. The number of hydrogen-bond donors (Lipinski definition) is 0. The third-order valence-electron chi connectivity index (χ3n) is 1.42. The van der Waals surface area contributed by atoms with Crippen LogP contribution in [0, 0.1) is 6.92 Å². The lowest BCUT2D eigenvalue weighted by atomic mass is 10.2. The first kappa shape index (κ1) is 8.52. The van der Waals surface area contributed by atoms with Crippen molar-refractivity contribution < 1.29 is 13.9 Å². The summed E-state index contributed by atoms with van der Waals surface area (Å²) >= 11 is 0. The van der Waals surface area contributed by atoms with Gasteiger partial charge in [0.2, 0.25) is 0 Å². The molecule has 0 atom stereocenters. The molecule has 12 heavy (non-hydrogen) atoms. The van der Waals surface area contributed by atoms with E-state index in [4.69, 9.17) is 0 Å². The predicted molar refractivity (Wildman–Crippen MR) is 41.1 cm³/mol. The lowest BCUT2D eigenvalue weighted by Crippen LogP contribution is -2.07. The standard InChI is InChI=1S/C8H8O4/c1-5-6(8(10)11-2)3-4-7(9)12-5/h3-4H,1-2H3. The Morgan fingerprint density at radius 3 is 2.67 bits per heavy atom. The van der Waals surface area contributed by atoms with E-state index in [-0.39, 0.29) is 11.3 Å². The molecule has 0 bridgehead atoms. The summed E-state index contributed by atoms with van der Waals surface area (Å²) in [5, 5.41) is 0. The molecule has 4 heteroatoms. The van der Waals surface area contributed by atoms with E-state index >= 15 is 0 Å². The molecule has 64 valence electrons. The molecule has 0 radical (unpaired) electrons. The van der Waals surface area contributed by atoms with Crippen molar-refractivity contribution in [3.8, 4) is 0 Å². The Morgan fingerprint density at radius 2 is 2.17 bits per heavy atom. The third kappa shape index (κ3) is 1.53. The zero-order chi connectivity index (χ0) is 9.14. The van der Waals surface area contributed by atoms with E-state index in [1.807, 2.05) is 0 Å². The van der Waals surface area contributed by atoms with E-state index in [0.29, 0.717) is 0 Å². The molecule has 1 aromatic heterocycles. The number of ether oxygens (including phenoxy) is 1. The fourth-order valence-electron chi connectivity index (χ4n) is 0.830. The summed E-state index contributed by atoms with van der Waals surface area (Å²) in [5.74, 6) is -0.231. The lowest BCUT2D eigenvalue weighted by molar-refractivity contribution is 0.0596. The van der Waals surface area contributed by atoms with Crippen molar-refractivity contribution in [1.82, 2.24) is 0 Å². The zero-order valence-corrected chi connectivity index (χ0v) is 6.79. The molecular weight excluding hydrogens is 160 g/mol. The number of carbonyl (C=O) groups is 1. The SMILES string of the molecule is COC(=O)c1ccc(=O)oc1C. The highest BCUT2D eigenvalue weighted by molar-refractivity contribution is 5.89. The molecule has 0 fully saturated rings. The molecule has 0 saturated carbocycles. The highest BCUT2D eigenvalue weighted by Gasteiger charge is 2.10. The van der Waals surface area contributed by atoms with E-state index in [1.165, 1.54) is 26.2 Å². The van der Waals surface area contributed by atoms with Crippen molar-refractivity contribution in [2.24, 2.45) is 0 Å². The van der Waals surface area contributed by atoms with Gasteiger partial charge < -0.3 is 9.15 Å². The number of esters is 1. The second-order valence-corrected chi connectivity index (χ2v) is 2.22. The zero-order valence-electron chi connectivity index (χ0n) is 6.79. The fraction of sp³-hybridized carbons (Fsp3) is 0.250. The van der Waals surface area contributed by atoms with Gasteiger partial charge in [-0.3, -0.25) is 0 Å². The van der Waals surface area contributed by atoms with Gasteiger partial charge in [-0.15, -0.1) is 0 Å². The summed E-state index contributed by atoms with van der Waals surface area (Å²) in [6, 6.07) is 2.56. The molecule has 4 nitrogen and oxygen atoms in total. The molecule has 1 rings (SSSR count). The summed E-state index contributed by atoms with van der Waals surface area (Å²) < 4.78 is 9.13. The fourth-order valence-corrected chi connectivity index (χ4v) is 0.830. The lowest BCUT2D eigenvalue weighted by Gasteiger charge is -1.99. The van der Waals surface area contributed by atoms with Crippen LogP contribution in [-0.2, 0) is 4.74 Å². The van der Waals surface area contributed by atoms with Crippen LogP contribution in [0.25, 0.3) is 0 Å². The van der Waals surface area contributed by atoms with Gasteiger partial charge in [-0.25, -0.2) is 9.59 Å². The smallest absolute Gasteiger partial charge is 0.341 e. The van der Waals surface area contributed by atoms with Gasteiger partial charge in [0.1, 0.15) is 5.76 Å². The largest absolute Gasteiger partial charge is 0.465 e. The predicted octanol–water partition coefficient (Wildman–Crippen LogP) is 0.735. The van der Waals surface area contributed by atoms with E-state index in [2.05, 4.69) is 9.15 Å². The molecule has 0 spiro atoms. The van der Waals surface area contributed by atoms with Crippen LogP contribution in [0.15, 0.2) is 21.3 Å². The van der Waals surface area contributed by atoms with Gasteiger partial charge in [0.15, 0.2) is 0 Å². The number of carbonyl (C=O) groups excluding carboxylic acids is 1. The third-order valence-corrected chi connectivity index (χ3v) is 1.42. The van der Waals surface area contributed by atoms with E-state index in [1.54, 1.807) is 0 Å². The summed E-state index contributed by atoms with van der Waals surface area (Å²) in [4.78, 5) is 21.6. The monoisotopic (exact) mass is 168 g/mol. The average molecular weight is 168 g/mol. The Balaban J connectivity index is 3.18. The summed E-state index contributed by atoms with van der Waals surface area (Å²) in [6.45, 7) is 1.54. The molecule has 0 aliphatic rings. The highest BCUT2D eigenvalue weighted by atomic mass is 16.5. The van der Waals surface area contributed by atoms with E-state index in [9.17, 15) is 9.59 Å². The van der Waals surface area contributed by atoms with Crippen molar-refractivity contribution in [3.63, 3.8) is 0 Å². The Labute approximate surface area is 68.8 Å². The van der Waals surface area contributed by atoms with Crippen LogP contribution >= 0.6 is 0 Å². The minimum atomic E-state index is -0.503. The Kier molecular flexibility index (Phi) is 2.28. The normalized spacial score (nSPS) is 9.50. The minimum Gasteiger partial charge on any atom is -0.465 e. The molecule has 0 aromatic carbocycles. The first-order valence-electron chi connectivity index (χ1n) is 3.34. The molecule has 1 aromatic rings. The number of rotatable bonds is 1. The van der Waals surface area contributed by atoms with Gasteiger partial charge in [0, 0.05) is 6.07 Å². The average Bonchev–Trinajstić information content (AvgIpc) is 2.03. The second kappa shape index (κ2) is 3.21. The Morgan fingerprint density at radius 1 is 1.50 bits per heavy atom. The van der Waals surface area contributed by atoms with Crippen LogP contribution in [0.2, 0.25) is 0 Å². The summed E-state index contributed by atoms with van der Waals surface area (Å²) in [5.41, 5.74) is -0.197. The minimum absolute atomic E-state index is 0.273. The molecule has 0 aliphatic carbocycles. The van der Waals surface area contributed by atoms with Gasteiger partial charge in [-0.1, -0.05) is 0 Å². The number of methoxy groups -OCH3 is 1. The van der Waals surface area contributed by atoms with Crippen molar-refractivity contribution in [1.29, 1.82) is 0 Å². The van der Waals surface area contributed by atoms with Crippen molar-refractivity contribution in [3.05, 3.63) is 33.9 Å². The van der Waals surface area contributed by atoms with Crippen molar-refractivity contribution >= 4 is 5.97 Å². The van der Waals surface area contributed by atoms with Gasteiger partial charge >= 0.3 is 11.6 Å². The topological polar surface area (TPSA) is 56.5 Å². The maximum absolute atomic E-state index is 11.0. The van der Waals surface area contributed by atoms with Crippen molar-refractivity contribution in [2.75, 3.05) is 7.11 Å². The molecular formula is C8H8O4. The summed E-state index contributed by atoms with van der Waals surface area (Å²) in [7, 11) is 1.27. The van der Waals surface area contributed by atoms with E-state index < -0.39 is 11.6 Å². The molecule has 0 unspecified atom stereocenters. The van der Waals surface area contributed by atoms with Crippen LogP contribution < -0.4 is 5.63 Å². The van der Waals surface area contributed by atoms with Crippen LogP contribution in [-0.4, -0.2) is 13.1 Å². The van der Waals surface area contributed by atoms with Crippen LogP contribution in [0.4, 0.5) is 0 Å². The molecule has 0 amide bonds. The second-order valence-electron chi connectivity index (χ2n) is 2.22. The molecule has 1 heterocycles. The highest BCUT2D eigenvalue weighted by Crippen LogP contribution is 2.04. The van der Waals surface area contributed by atoms with Gasteiger partial charge in [0.25, 0.3) is 0 Å². The van der Waals surface area contributed by atoms with Crippen LogP contribution in [0.5, 0.6) is 0 Å². The van der Waals surface area contributed by atoms with Crippen LogP contribution in [0.1, 0.15) is 16.1 Å². The first-order valence-corrected chi connectivity index (χ1v) is 3.34.